The Kier molecular flexibility index (Phi) is 7.97. The summed E-state index contributed by atoms with van der Waals surface area (Å²) in [5.41, 5.74) is 8.67. The van der Waals surface area contributed by atoms with Crippen LogP contribution in [0, 0.1) is 0 Å². The summed E-state index contributed by atoms with van der Waals surface area (Å²) in [6, 6.07) is 42.8. The summed E-state index contributed by atoms with van der Waals surface area (Å²) in [6.45, 7) is 0. The van der Waals surface area contributed by atoms with Gasteiger partial charge in [-0.2, -0.15) is 5.10 Å². The number of hydrogen-bond donors (Lipinski definition) is 2. The van der Waals surface area contributed by atoms with Gasteiger partial charge in [0.1, 0.15) is 11.3 Å². The van der Waals surface area contributed by atoms with E-state index in [0.717, 1.165) is 38.1 Å². The van der Waals surface area contributed by atoms with Crippen molar-refractivity contribution in [3.8, 4) is 16.9 Å². The highest BCUT2D eigenvalue weighted by molar-refractivity contribution is 9.10. The summed E-state index contributed by atoms with van der Waals surface area (Å²) in [7, 11) is 0. The van der Waals surface area contributed by atoms with Gasteiger partial charge in [0.15, 0.2) is 0 Å². The van der Waals surface area contributed by atoms with Crippen LogP contribution in [-0.2, 0) is 0 Å². The molecule has 0 spiro atoms. The first-order valence-corrected chi connectivity index (χ1v) is 14.4. The number of nitrogens with zero attached hydrogens (tertiary/aromatic N) is 1. The summed E-state index contributed by atoms with van der Waals surface area (Å²) in [5, 5.41) is 16.7. The molecule has 0 aliphatic carbocycles. The lowest BCUT2D eigenvalue weighted by molar-refractivity contribution is 0.452. The number of hydrogen-bond acceptors (Lipinski definition) is 5. The number of anilines is 1. The summed E-state index contributed by atoms with van der Waals surface area (Å²) >= 11 is 3.50. The molecule has 0 bridgehead atoms. The minimum atomic E-state index is -0.569. The van der Waals surface area contributed by atoms with Crippen LogP contribution in [0.3, 0.4) is 0 Å². The van der Waals surface area contributed by atoms with Gasteiger partial charge in [-0.3, -0.25) is 5.43 Å². The highest BCUT2D eigenvalue weighted by Gasteiger charge is 2.27. The minimum Gasteiger partial charge on any atom is -0.507 e. The van der Waals surface area contributed by atoms with E-state index in [9.17, 15) is 9.90 Å². The van der Waals surface area contributed by atoms with Gasteiger partial charge in [-0.15, -0.1) is 0 Å². The molecule has 6 aromatic rings. The monoisotopic (exact) mass is 614 g/mol. The van der Waals surface area contributed by atoms with Gasteiger partial charge in [0.05, 0.1) is 22.3 Å². The Morgan fingerprint density at radius 2 is 1.36 bits per heavy atom. The van der Waals surface area contributed by atoms with Crippen molar-refractivity contribution in [2.45, 2.75) is 12.3 Å². The first-order chi connectivity index (χ1) is 20.6. The maximum atomic E-state index is 13.4. The maximum Gasteiger partial charge on any atom is 0.343 e. The molecule has 5 aromatic carbocycles. The molecule has 206 valence electrons. The Bertz CT molecular complexity index is 1900. The zero-order valence-electron chi connectivity index (χ0n) is 22.6. The van der Waals surface area contributed by atoms with Gasteiger partial charge in [0.25, 0.3) is 0 Å². The Hall–Kier alpha value is -4.94. The lowest BCUT2D eigenvalue weighted by atomic mass is 9.85. The summed E-state index contributed by atoms with van der Waals surface area (Å²) < 4.78 is 6.72. The van der Waals surface area contributed by atoms with Crippen LogP contribution >= 0.6 is 15.9 Å². The van der Waals surface area contributed by atoms with Gasteiger partial charge in [0.2, 0.25) is 0 Å². The number of aromatic hydroxyl groups is 1. The third kappa shape index (κ3) is 5.90. The molecular weight excluding hydrogens is 588 g/mol. The zero-order valence-corrected chi connectivity index (χ0v) is 24.2. The first-order valence-electron chi connectivity index (χ1n) is 13.6. The van der Waals surface area contributed by atoms with E-state index in [1.165, 1.54) is 0 Å². The third-order valence-electron chi connectivity index (χ3n) is 7.26. The molecule has 1 atom stereocenters. The lowest BCUT2D eigenvalue weighted by Gasteiger charge is -2.20. The van der Waals surface area contributed by atoms with Crippen LogP contribution in [0.1, 0.15) is 29.0 Å². The number of rotatable bonds is 8. The first kappa shape index (κ1) is 27.2. The largest absolute Gasteiger partial charge is 0.507 e. The average Bonchev–Trinajstić information content (AvgIpc) is 3.03. The number of fused-ring (bicyclic) bond motifs is 1. The second kappa shape index (κ2) is 12.3. The molecule has 1 unspecified atom stereocenters. The van der Waals surface area contributed by atoms with Gasteiger partial charge >= 0.3 is 5.63 Å². The number of halogens is 1. The van der Waals surface area contributed by atoms with Gasteiger partial charge in [-0.25, -0.2) is 4.79 Å². The Morgan fingerprint density at radius 3 is 2.05 bits per heavy atom. The van der Waals surface area contributed by atoms with Crippen molar-refractivity contribution in [2.24, 2.45) is 5.10 Å². The van der Waals surface area contributed by atoms with Crippen molar-refractivity contribution in [2.75, 3.05) is 5.43 Å². The zero-order chi connectivity index (χ0) is 28.9. The van der Waals surface area contributed by atoms with E-state index < -0.39 is 11.5 Å². The predicted molar refractivity (Wildman–Crippen MR) is 173 cm³/mol. The van der Waals surface area contributed by atoms with Crippen LogP contribution in [0.15, 0.2) is 152 Å². The number of nitrogens with one attached hydrogen (secondary N) is 1. The molecule has 0 radical (unpaired) electrons. The van der Waals surface area contributed by atoms with E-state index in [0.29, 0.717) is 17.4 Å². The van der Waals surface area contributed by atoms with Crippen LogP contribution in [0.5, 0.6) is 5.75 Å². The molecule has 0 amide bonds. The van der Waals surface area contributed by atoms with Gasteiger partial charge in [0, 0.05) is 16.8 Å². The molecule has 0 aliphatic heterocycles. The minimum absolute atomic E-state index is 0.0725. The van der Waals surface area contributed by atoms with Crippen LogP contribution in [0.25, 0.3) is 22.1 Å². The van der Waals surface area contributed by atoms with Crippen molar-refractivity contribution in [3.63, 3.8) is 0 Å². The van der Waals surface area contributed by atoms with Crippen molar-refractivity contribution in [1.29, 1.82) is 0 Å². The van der Waals surface area contributed by atoms with Gasteiger partial charge < -0.3 is 9.52 Å². The Labute approximate surface area is 251 Å². The summed E-state index contributed by atoms with van der Waals surface area (Å²) in [4.78, 5) is 13.4. The van der Waals surface area contributed by atoms with Crippen LogP contribution < -0.4 is 11.1 Å². The van der Waals surface area contributed by atoms with Crippen LogP contribution in [0.2, 0.25) is 0 Å². The summed E-state index contributed by atoms with van der Waals surface area (Å²) in [5.74, 6) is -0.591. The van der Waals surface area contributed by atoms with E-state index in [-0.39, 0.29) is 11.3 Å². The fourth-order valence-electron chi connectivity index (χ4n) is 5.09. The molecular formula is C36H27BrN2O3. The molecule has 2 N–H and O–H groups in total. The second-order valence-electron chi connectivity index (χ2n) is 9.94. The van der Waals surface area contributed by atoms with Gasteiger partial charge in [-0.1, -0.05) is 113 Å². The molecule has 0 fully saturated rings. The molecule has 6 rings (SSSR count). The highest BCUT2D eigenvalue weighted by Crippen LogP contribution is 2.37. The molecule has 0 saturated heterocycles. The number of hydrazone groups is 1. The Morgan fingerprint density at radius 1 is 0.762 bits per heavy atom. The number of para-hydroxylation sites is 2. The standard InChI is InChI=1S/C36H27BrN2O3/c37-28-21-19-25(20-22-28)24-15-17-27(18-16-24)32(39-38-29-11-5-2-6-12-29)23-31(26-9-3-1-4-10-26)34-35(40)30-13-7-8-14-33(30)42-36(34)41/h1-22,31,38,40H,23H2. The Balaban J connectivity index is 1.45. The SMILES string of the molecule is O=c1oc2ccccc2c(O)c1C(CC(=NNc1ccccc1)c1ccc(-c2ccc(Br)cc2)cc1)c1ccccc1. The van der Waals surface area contributed by atoms with E-state index in [4.69, 9.17) is 9.52 Å². The van der Waals surface area contributed by atoms with E-state index in [1.807, 2.05) is 91.0 Å². The quantitative estimate of drug-likeness (QED) is 0.102. The molecule has 6 heteroatoms. The van der Waals surface area contributed by atoms with Gasteiger partial charge in [-0.05, 0) is 58.7 Å². The normalized spacial score (nSPS) is 12.3. The molecule has 1 heterocycles. The molecule has 1 aromatic heterocycles. The summed E-state index contributed by atoms with van der Waals surface area (Å²) in [6.07, 6.45) is 0.331. The van der Waals surface area contributed by atoms with Crippen LogP contribution in [0.4, 0.5) is 5.69 Å². The second-order valence-corrected chi connectivity index (χ2v) is 10.9. The van der Waals surface area contributed by atoms with E-state index in [1.54, 1.807) is 18.2 Å². The fraction of sp³-hybridized carbons (Fsp3) is 0.0556. The fourth-order valence-corrected chi connectivity index (χ4v) is 5.35. The lowest BCUT2D eigenvalue weighted by Crippen LogP contribution is -2.18. The number of benzene rings is 5. The van der Waals surface area contributed by atoms with Crippen molar-refractivity contribution in [3.05, 3.63) is 165 Å². The third-order valence-corrected chi connectivity index (χ3v) is 7.79. The average molecular weight is 616 g/mol. The predicted octanol–water partition coefficient (Wildman–Crippen LogP) is 8.97. The smallest absolute Gasteiger partial charge is 0.343 e. The topological polar surface area (TPSA) is 74.8 Å². The molecule has 0 aliphatic rings. The van der Waals surface area contributed by atoms with Crippen LogP contribution in [-0.4, -0.2) is 10.8 Å². The highest BCUT2D eigenvalue weighted by atomic mass is 79.9. The van der Waals surface area contributed by atoms with E-state index in [2.05, 4.69) is 45.6 Å². The molecule has 0 saturated carbocycles. The molecule has 5 nitrogen and oxygen atoms in total. The maximum absolute atomic E-state index is 13.4. The van der Waals surface area contributed by atoms with E-state index >= 15 is 0 Å². The van der Waals surface area contributed by atoms with Crippen molar-refractivity contribution in [1.82, 2.24) is 0 Å². The van der Waals surface area contributed by atoms with Crippen molar-refractivity contribution < 1.29 is 9.52 Å². The molecule has 42 heavy (non-hydrogen) atoms. The van der Waals surface area contributed by atoms with Crippen molar-refractivity contribution >= 4 is 38.3 Å².